The molecule has 1 amide bonds. The summed E-state index contributed by atoms with van der Waals surface area (Å²) in [7, 11) is 0. The van der Waals surface area contributed by atoms with Gasteiger partial charge in [0.2, 0.25) is 5.91 Å². The Bertz CT molecular complexity index is 655. The molecule has 24 heavy (non-hydrogen) atoms. The molecule has 0 spiro atoms. The Morgan fingerprint density at radius 2 is 2.00 bits per heavy atom. The number of aromatic nitrogens is 1. The molecule has 1 aliphatic rings. The summed E-state index contributed by atoms with van der Waals surface area (Å²) in [5.41, 5.74) is 1.81. The normalized spacial score (nSPS) is 16.5. The fraction of sp³-hybridized carbons (Fsp3) is 0.368. The number of pyridine rings is 1. The van der Waals surface area contributed by atoms with Crippen molar-refractivity contribution in [3.05, 3.63) is 65.7 Å². The minimum atomic E-state index is -0.297. The number of rotatable bonds is 5. The van der Waals surface area contributed by atoms with Crippen molar-refractivity contribution in [1.29, 1.82) is 0 Å². The van der Waals surface area contributed by atoms with E-state index in [1.807, 2.05) is 12.1 Å². The van der Waals surface area contributed by atoms with Gasteiger partial charge in [-0.05, 0) is 48.1 Å². The number of carbonyl (C=O) groups is 1. The van der Waals surface area contributed by atoms with Crippen LogP contribution >= 0.6 is 0 Å². The fourth-order valence-electron chi connectivity index (χ4n) is 3.09. The van der Waals surface area contributed by atoms with Crippen molar-refractivity contribution in [2.75, 3.05) is 13.2 Å². The first-order valence-electron chi connectivity index (χ1n) is 8.24. The average Bonchev–Trinajstić information content (AvgIpc) is 2.63. The van der Waals surface area contributed by atoms with Gasteiger partial charge in [0, 0.05) is 25.6 Å². The van der Waals surface area contributed by atoms with Gasteiger partial charge >= 0.3 is 0 Å². The van der Waals surface area contributed by atoms with Crippen LogP contribution in [0.4, 0.5) is 4.39 Å². The number of nitrogens with zero attached hydrogens (tertiary/aromatic N) is 1. The van der Waals surface area contributed by atoms with Crippen LogP contribution in [0, 0.1) is 11.7 Å². The topological polar surface area (TPSA) is 51.2 Å². The smallest absolute Gasteiger partial charge is 0.224 e. The molecule has 1 unspecified atom stereocenters. The summed E-state index contributed by atoms with van der Waals surface area (Å²) >= 11 is 0. The van der Waals surface area contributed by atoms with Crippen LogP contribution in [-0.2, 0) is 16.0 Å². The number of halogens is 1. The standard InChI is InChI=1S/C19H21FN2O2/c20-17-5-3-14(4-6-17)12-18(23)22-19(15-7-10-24-11-8-15)16-2-1-9-21-13-16/h1-6,9,13,15,19H,7-8,10-12H2,(H,22,23). The number of nitrogens with one attached hydrogen (secondary N) is 1. The summed E-state index contributed by atoms with van der Waals surface area (Å²) in [5, 5.41) is 3.14. The van der Waals surface area contributed by atoms with E-state index in [0.29, 0.717) is 5.92 Å². The molecule has 126 valence electrons. The lowest BCUT2D eigenvalue weighted by molar-refractivity contribution is -0.121. The highest BCUT2D eigenvalue weighted by Gasteiger charge is 2.27. The number of ether oxygens (including phenoxy) is 1. The highest BCUT2D eigenvalue weighted by Crippen LogP contribution is 2.29. The second kappa shape index (κ2) is 8.02. The Morgan fingerprint density at radius 1 is 1.25 bits per heavy atom. The van der Waals surface area contributed by atoms with Crippen LogP contribution in [0.15, 0.2) is 48.8 Å². The fourth-order valence-corrected chi connectivity index (χ4v) is 3.09. The van der Waals surface area contributed by atoms with Gasteiger partial charge in [0.15, 0.2) is 0 Å². The van der Waals surface area contributed by atoms with Gasteiger partial charge in [-0.25, -0.2) is 4.39 Å². The third kappa shape index (κ3) is 4.38. The monoisotopic (exact) mass is 328 g/mol. The van der Waals surface area contributed by atoms with Gasteiger partial charge in [-0.2, -0.15) is 0 Å². The van der Waals surface area contributed by atoms with Gasteiger partial charge in [0.05, 0.1) is 12.5 Å². The largest absolute Gasteiger partial charge is 0.381 e. The van der Waals surface area contributed by atoms with Crippen molar-refractivity contribution >= 4 is 5.91 Å². The van der Waals surface area contributed by atoms with E-state index in [0.717, 1.165) is 37.2 Å². The molecule has 0 saturated carbocycles. The van der Waals surface area contributed by atoms with Crippen molar-refractivity contribution in [1.82, 2.24) is 10.3 Å². The lowest BCUT2D eigenvalue weighted by Crippen LogP contribution is -2.36. The summed E-state index contributed by atoms with van der Waals surface area (Å²) in [6, 6.07) is 9.83. The van der Waals surface area contributed by atoms with E-state index in [2.05, 4.69) is 10.3 Å². The highest BCUT2D eigenvalue weighted by molar-refractivity contribution is 5.79. The van der Waals surface area contributed by atoms with Crippen molar-refractivity contribution in [2.24, 2.45) is 5.92 Å². The van der Waals surface area contributed by atoms with Crippen molar-refractivity contribution in [3.8, 4) is 0 Å². The van der Waals surface area contributed by atoms with Crippen LogP contribution in [0.5, 0.6) is 0 Å². The van der Waals surface area contributed by atoms with Gasteiger partial charge in [-0.3, -0.25) is 9.78 Å². The maximum absolute atomic E-state index is 13.0. The maximum atomic E-state index is 13.0. The number of hydrogen-bond donors (Lipinski definition) is 1. The lowest BCUT2D eigenvalue weighted by atomic mass is 9.87. The van der Waals surface area contributed by atoms with Gasteiger partial charge in [-0.15, -0.1) is 0 Å². The molecule has 0 radical (unpaired) electrons. The van der Waals surface area contributed by atoms with E-state index in [1.165, 1.54) is 12.1 Å². The number of benzene rings is 1. The molecule has 2 heterocycles. The van der Waals surface area contributed by atoms with Gasteiger partial charge in [-0.1, -0.05) is 18.2 Å². The number of hydrogen-bond acceptors (Lipinski definition) is 3. The predicted molar refractivity (Wildman–Crippen MR) is 88.8 cm³/mol. The summed E-state index contributed by atoms with van der Waals surface area (Å²) in [6.07, 6.45) is 5.59. The zero-order chi connectivity index (χ0) is 16.8. The van der Waals surface area contributed by atoms with E-state index < -0.39 is 0 Å². The predicted octanol–water partition coefficient (Wildman–Crippen LogP) is 3.05. The molecule has 1 fully saturated rings. The van der Waals surface area contributed by atoms with Crippen LogP contribution in [0.1, 0.15) is 30.0 Å². The Morgan fingerprint density at radius 3 is 2.67 bits per heavy atom. The van der Waals surface area contributed by atoms with E-state index in [-0.39, 0.29) is 24.2 Å². The first-order chi connectivity index (χ1) is 11.7. The Hall–Kier alpha value is -2.27. The number of carbonyl (C=O) groups excluding carboxylic acids is 1. The second-order valence-electron chi connectivity index (χ2n) is 6.08. The third-order valence-electron chi connectivity index (χ3n) is 4.38. The van der Waals surface area contributed by atoms with Crippen LogP contribution in [-0.4, -0.2) is 24.1 Å². The zero-order valence-corrected chi connectivity index (χ0v) is 13.5. The van der Waals surface area contributed by atoms with Crippen molar-refractivity contribution in [2.45, 2.75) is 25.3 Å². The summed E-state index contributed by atoms with van der Waals surface area (Å²) in [6.45, 7) is 1.44. The molecular formula is C19H21FN2O2. The van der Waals surface area contributed by atoms with Crippen LogP contribution in [0.2, 0.25) is 0 Å². The molecule has 1 aromatic heterocycles. The van der Waals surface area contributed by atoms with Crippen molar-refractivity contribution < 1.29 is 13.9 Å². The molecule has 2 aromatic rings. The van der Waals surface area contributed by atoms with Crippen LogP contribution in [0.25, 0.3) is 0 Å². The number of amides is 1. The molecular weight excluding hydrogens is 307 g/mol. The maximum Gasteiger partial charge on any atom is 0.224 e. The summed E-state index contributed by atoms with van der Waals surface area (Å²) in [4.78, 5) is 16.6. The van der Waals surface area contributed by atoms with Gasteiger partial charge in [0.25, 0.3) is 0 Å². The summed E-state index contributed by atoms with van der Waals surface area (Å²) < 4.78 is 18.4. The Labute approximate surface area is 141 Å². The molecule has 1 aromatic carbocycles. The molecule has 4 nitrogen and oxygen atoms in total. The molecule has 1 saturated heterocycles. The van der Waals surface area contributed by atoms with E-state index in [9.17, 15) is 9.18 Å². The van der Waals surface area contributed by atoms with E-state index in [4.69, 9.17) is 4.74 Å². The third-order valence-corrected chi connectivity index (χ3v) is 4.38. The summed E-state index contributed by atoms with van der Waals surface area (Å²) in [5.74, 6) is -0.0309. The highest BCUT2D eigenvalue weighted by atomic mass is 19.1. The van der Waals surface area contributed by atoms with Crippen LogP contribution in [0.3, 0.4) is 0 Å². The molecule has 1 N–H and O–H groups in total. The SMILES string of the molecule is O=C(Cc1ccc(F)cc1)NC(c1cccnc1)C1CCOCC1. The minimum absolute atomic E-state index is 0.0676. The molecule has 5 heteroatoms. The Kier molecular flexibility index (Phi) is 5.54. The quantitative estimate of drug-likeness (QED) is 0.918. The first-order valence-corrected chi connectivity index (χ1v) is 8.24. The van der Waals surface area contributed by atoms with Gasteiger partial charge < -0.3 is 10.1 Å². The zero-order valence-electron chi connectivity index (χ0n) is 13.5. The first kappa shape index (κ1) is 16.6. The molecule has 1 aliphatic heterocycles. The Balaban J connectivity index is 1.71. The van der Waals surface area contributed by atoms with E-state index >= 15 is 0 Å². The second-order valence-corrected chi connectivity index (χ2v) is 6.08. The molecule has 1 atom stereocenters. The average molecular weight is 328 g/mol. The van der Waals surface area contributed by atoms with E-state index in [1.54, 1.807) is 24.5 Å². The lowest BCUT2D eigenvalue weighted by Gasteiger charge is -2.31. The van der Waals surface area contributed by atoms with Crippen molar-refractivity contribution in [3.63, 3.8) is 0 Å². The van der Waals surface area contributed by atoms with Crippen LogP contribution < -0.4 is 5.32 Å². The molecule has 0 bridgehead atoms. The van der Waals surface area contributed by atoms with Gasteiger partial charge in [0.1, 0.15) is 5.82 Å². The minimum Gasteiger partial charge on any atom is -0.381 e. The molecule has 0 aliphatic carbocycles. The molecule has 3 rings (SSSR count).